The molecule has 1 aromatic heterocycles. The normalized spacial score (nSPS) is 17.7. The van der Waals surface area contributed by atoms with Gasteiger partial charge in [-0.2, -0.15) is 0 Å². The number of halogens is 2. The van der Waals surface area contributed by atoms with E-state index >= 15 is 0 Å². The van der Waals surface area contributed by atoms with Gasteiger partial charge in [0.2, 0.25) is 0 Å². The molecule has 140 valence electrons. The van der Waals surface area contributed by atoms with Gasteiger partial charge in [-0.3, -0.25) is 4.79 Å². The van der Waals surface area contributed by atoms with Crippen LogP contribution < -0.4 is 0 Å². The molecule has 7 heteroatoms. The Hall–Kier alpha value is -1.92. The van der Waals surface area contributed by atoms with Crippen LogP contribution >= 0.6 is 11.6 Å². The SMILES string of the molecule is CN(C)CCn1ccnc1[C@@H]1CCCN(C(=O)c2ccc(F)cc2Cl)C1. The lowest BCUT2D eigenvalue weighted by Crippen LogP contribution is -2.40. The Labute approximate surface area is 158 Å². The molecule has 0 N–H and O–H groups in total. The summed E-state index contributed by atoms with van der Waals surface area (Å²) in [5, 5.41) is 0.157. The lowest BCUT2D eigenvalue weighted by Gasteiger charge is -2.33. The monoisotopic (exact) mass is 378 g/mol. The van der Waals surface area contributed by atoms with E-state index in [2.05, 4.69) is 14.5 Å². The predicted molar refractivity (Wildman–Crippen MR) is 100 cm³/mol. The number of hydrogen-bond donors (Lipinski definition) is 0. The zero-order valence-electron chi connectivity index (χ0n) is 15.2. The molecule has 2 aromatic rings. The van der Waals surface area contributed by atoms with Crippen LogP contribution in [-0.4, -0.2) is 59.0 Å². The Kier molecular flexibility index (Phi) is 5.94. The second-order valence-electron chi connectivity index (χ2n) is 7.00. The van der Waals surface area contributed by atoms with Crippen LogP contribution in [0.1, 0.15) is 34.9 Å². The fraction of sp³-hybridized carbons (Fsp3) is 0.474. The van der Waals surface area contributed by atoms with Crippen molar-refractivity contribution in [3.63, 3.8) is 0 Å². The van der Waals surface area contributed by atoms with E-state index in [0.717, 1.165) is 31.8 Å². The Morgan fingerprint density at radius 3 is 2.96 bits per heavy atom. The van der Waals surface area contributed by atoms with E-state index in [1.807, 2.05) is 26.5 Å². The maximum atomic E-state index is 13.3. The first kappa shape index (κ1) is 18.9. The van der Waals surface area contributed by atoms with Crippen molar-refractivity contribution >= 4 is 17.5 Å². The standard InChI is InChI=1S/C19H24ClFN4O/c1-23(2)10-11-24-9-7-22-18(24)14-4-3-8-25(13-14)19(26)16-6-5-15(21)12-17(16)20/h5-7,9,12,14H,3-4,8,10-11,13H2,1-2H3/t14-/m1/s1. The van der Waals surface area contributed by atoms with Gasteiger partial charge in [-0.1, -0.05) is 11.6 Å². The van der Waals surface area contributed by atoms with E-state index < -0.39 is 5.82 Å². The fourth-order valence-electron chi connectivity index (χ4n) is 3.38. The van der Waals surface area contributed by atoms with Crippen molar-refractivity contribution in [2.45, 2.75) is 25.3 Å². The molecule has 1 aliphatic heterocycles. The summed E-state index contributed by atoms with van der Waals surface area (Å²) in [6, 6.07) is 3.92. The summed E-state index contributed by atoms with van der Waals surface area (Å²) in [6.45, 7) is 3.09. The summed E-state index contributed by atoms with van der Waals surface area (Å²) in [5.41, 5.74) is 0.352. The first-order valence-electron chi connectivity index (χ1n) is 8.86. The van der Waals surface area contributed by atoms with Crippen LogP contribution in [0.25, 0.3) is 0 Å². The molecule has 0 spiro atoms. The molecule has 0 aliphatic carbocycles. The van der Waals surface area contributed by atoms with Gasteiger partial charge in [0.25, 0.3) is 5.91 Å². The number of nitrogens with zero attached hydrogens (tertiary/aromatic N) is 4. The van der Waals surface area contributed by atoms with Crippen molar-refractivity contribution in [2.24, 2.45) is 0 Å². The summed E-state index contributed by atoms with van der Waals surface area (Å²) in [5.74, 6) is 0.635. The van der Waals surface area contributed by atoms with Crippen molar-refractivity contribution in [2.75, 3.05) is 33.7 Å². The van der Waals surface area contributed by atoms with Crippen LogP contribution in [0.4, 0.5) is 4.39 Å². The number of rotatable bonds is 5. The quantitative estimate of drug-likeness (QED) is 0.802. The Morgan fingerprint density at radius 2 is 2.23 bits per heavy atom. The number of hydrogen-bond acceptors (Lipinski definition) is 3. The smallest absolute Gasteiger partial charge is 0.255 e. The summed E-state index contributed by atoms with van der Waals surface area (Å²) < 4.78 is 15.4. The fourth-order valence-corrected chi connectivity index (χ4v) is 3.63. The van der Waals surface area contributed by atoms with E-state index in [-0.39, 0.29) is 16.8 Å². The number of benzene rings is 1. The molecule has 3 rings (SSSR count). The Balaban J connectivity index is 1.73. The second-order valence-corrected chi connectivity index (χ2v) is 7.40. The van der Waals surface area contributed by atoms with Gasteiger partial charge in [0.05, 0.1) is 10.6 Å². The molecule has 1 atom stereocenters. The molecule has 1 aliphatic rings. The van der Waals surface area contributed by atoms with Gasteiger partial charge in [-0.25, -0.2) is 9.37 Å². The van der Waals surface area contributed by atoms with Crippen molar-refractivity contribution in [1.82, 2.24) is 19.4 Å². The zero-order chi connectivity index (χ0) is 18.7. The lowest BCUT2D eigenvalue weighted by atomic mass is 9.96. The van der Waals surface area contributed by atoms with E-state index in [1.54, 1.807) is 4.90 Å². The summed E-state index contributed by atoms with van der Waals surface area (Å²) in [6.07, 6.45) is 5.73. The number of piperidine rings is 1. The van der Waals surface area contributed by atoms with Crippen molar-refractivity contribution < 1.29 is 9.18 Å². The number of imidazole rings is 1. The summed E-state index contributed by atoms with van der Waals surface area (Å²) in [7, 11) is 4.09. The highest BCUT2D eigenvalue weighted by atomic mass is 35.5. The van der Waals surface area contributed by atoms with Crippen molar-refractivity contribution in [3.8, 4) is 0 Å². The van der Waals surface area contributed by atoms with Crippen molar-refractivity contribution in [3.05, 3.63) is 52.8 Å². The van der Waals surface area contributed by atoms with Crippen LogP contribution in [0.3, 0.4) is 0 Å². The molecule has 1 fully saturated rings. The van der Waals surface area contributed by atoms with Crippen LogP contribution in [0.5, 0.6) is 0 Å². The third kappa shape index (κ3) is 4.24. The van der Waals surface area contributed by atoms with E-state index in [4.69, 9.17) is 11.6 Å². The number of likely N-dealkylation sites (tertiary alicyclic amines) is 1. The largest absolute Gasteiger partial charge is 0.338 e. The van der Waals surface area contributed by atoms with Crippen LogP contribution in [0.15, 0.2) is 30.6 Å². The molecule has 2 heterocycles. The molecule has 1 amide bonds. The number of aromatic nitrogens is 2. The predicted octanol–water partition coefficient (Wildman–Crippen LogP) is 3.26. The van der Waals surface area contributed by atoms with Gasteiger partial charge >= 0.3 is 0 Å². The van der Waals surface area contributed by atoms with Gasteiger partial charge in [-0.15, -0.1) is 0 Å². The van der Waals surface area contributed by atoms with Crippen LogP contribution in [0, 0.1) is 5.82 Å². The molecule has 5 nitrogen and oxygen atoms in total. The topological polar surface area (TPSA) is 41.4 Å². The molecule has 0 saturated carbocycles. The van der Waals surface area contributed by atoms with E-state index in [1.165, 1.54) is 18.2 Å². The Morgan fingerprint density at radius 1 is 1.42 bits per heavy atom. The summed E-state index contributed by atoms with van der Waals surface area (Å²) in [4.78, 5) is 21.3. The molecule has 0 unspecified atom stereocenters. The maximum absolute atomic E-state index is 13.3. The van der Waals surface area contributed by atoms with E-state index in [0.29, 0.717) is 18.7 Å². The zero-order valence-corrected chi connectivity index (χ0v) is 15.9. The first-order chi connectivity index (χ1) is 12.5. The number of carbonyl (C=O) groups excluding carboxylic acids is 1. The lowest BCUT2D eigenvalue weighted by molar-refractivity contribution is 0.0703. The molecule has 1 aromatic carbocycles. The molecular formula is C19H24ClFN4O. The second kappa shape index (κ2) is 8.18. The highest BCUT2D eigenvalue weighted by Gasteiger charge is 2.28. The molecular weight excluding hydrogens is 355 g/mol. The van der Waals surface area contributed by atoms with Gasteiger partial charge < -0.3 is 14.4 Å². The van der Waals surface area contributed by atoms with E-state index in [9.17, 15) is 9.18 Å². The van der Waals surface area contributed by atoms with Crippen LogP contribution in [0.2, 0.25) is 5.02 Å². The average molecular weight is 379 g/mol. The molecule has 0 radical (unpaired) electrons. The molecule has 0 bridgehead atoms. The minimum atomic E-state index is -0.439. The molecule has 1 saturated heterocycles. The first-order valence-corrected chi connectivity index (χ1v) is 9.23. The van der Waals surface area contributed by atoms with Crippen LogP contribution in [-0.2, 0) is 6.54 Å². The number of carbonyl (C=O) groups is 1. The maximum Gasteiger partial charge on any atom is 0.255 e. The van der Waals surface area contributed by atoms with Gasteiger partial charge in [0.15, 0.2) is 0 Å². The highest BCUT2D eigenvalue weighted by molar-refractivity contribution is 6.33. The average Bonchev–Trinajstić information content (AvgIpc) is 3.08. The van der Waals surface area contributed by atoms with Gasteiger partial charge in [0.1, 0.15) is 11.6 Å². The minimum absolute atomic E-state index is 0.147. The van der Waals surface area contributed by atoms with Gasteiger partial charge in [0, 0.05) is 44.5 Å². The molecule has 26 heavy (non-hydrogen) atoms. The minimum Gasteiger partial charge on any atom is -0.338 e. The summed E-state index contributed by atoms with van der Waals surface area (Å²) >= 11 is 6.07. The highest BCUT2D eigenvalue weighted by Crippen LogP contribution is 2.28. The van der Waals surface area contributed by atoms with Gasteiger partial charge in [-0.05, 0) is 45.1 Å². The number of amides is 1. The Bertz CT molecular complexity index is 777. The number of likely N-dealkylation sites (N-methyl/N-ethyl adjacent to an activating group) is 1. The third-order valence-corrected chi connectivity index (χ3v) is 5.08. The van der Waals surface area contributed by atoms with Crippen molar-refractivity contribution in [1.29, 1.82) is 0 Å². The third-order valence-electron chi connectivity index (χ3n) is 4.77.